The summed E-state index contributed by atoms with van der Waals surface area (Å²) in [7, 11) is 1.40. The Bertz CT molecular complexity index is 433. The second-order valence-electron chi connectivity index (χ2n) is 3.29. The van der Waals surface area contributed by atoms with Crippen LogP contribution in [0.5, 0.6) is 5.75 Å². The highest BCUT2D eigenvalue weighted by atomic mass is 19.1. The van der Waals surface area contributed by atoms with Gasteiger partial charge in [-0.25, -0.2) is 4.39 Å². The highest BCUT2D eigenvalue weighted by Crippen LogP contribution is 2.20. The Balaban J connectivity index is 2.62. The molecular weight excluding hydrogens is 229 g/mol. The maximum Gasteiger partial charge on any atom is 0.303 e. The number of benzene rings is 1. The van der Waals surface area contributed by atoms with Crippen LogP contribution in [0.2, 0.25) is 0 Å². The van der Waals surface area contributed by atoms with Crippen LogP contribution in [0, 0.1) is 5.82 Å². The summed E-state index contributed by atoms with van der Waals surface area (Å²) in [4.78, 5) is 21.5. The molecule has 0 atom stereocenters. The Kier molecular flexibility index (Phi) is 4.45. The summed E-state index contributed by atoms with van der Waals surface area (Å²) in [5, 5.41) is 10.7. The molecule has 0 aliphatic carbocycles. The van der Waals surface area contributed by atoms with Gasteiger partial charge in [-0.1, -0.05) is 0 Å². The Hall–Kier alpha value is -2.11. The van der Waals surface area contributed by atoms with E-state index in [2.05, 4.69) is 5.32 Å². The minimum absolute atomic E-state index is 0.00110. The molecule has 0 fully saturated rings. The number of carbonyl (C=O) groups is 2. The molecule has 0 saturated heterocycles. The van der Waals surface area contributed by atoms with Crippen LogP contribution >= 0.6 is 0 Å². The third-order valence-corrected chi connectivity index (χ3v) is 2.02. The monoisotopic (exact) mass is 241 g/mol. The van der Waals surface area contributed by atoms with Gasteiger partial charge in [0.25, 0.3) is 0 Å². The summed E-state index contributed by atoms with van der Waals surface area (Å²) in [5.41, 5.74) is 0.00110. The van der Waals surface area contributed by atoms with E-state index >= 15 is 0 Å². The number of rotatable bonds is 5. The molecule has 0 spiro atoms. The number of hydrogen-bond acceptors (Lipinski definition) is 3. The molecule has 92 valence electrons. The standard InChI is InChI=1S/C11H12FNO4/c1-17-7-2-3-9(8(12)6-7)13-10(14)4-5-11(15)16/h2-3,6H,4-5H2,1H3,(H,13,14)(H,15,16). The maximum atomic E-state index is 13.4. The SMILES string of the molecule is COc1ccc(NC(=O)CCC(=O)O)c(F)c1. The number of carboxylic acid groups (broad SMARTS) is 1. The molecule has 6 heteroatoms. The highest BCUT2D eigenvalue weighted by Gasteiger charge is 2.09. The number of hydrogen-bond donors (Lipinski definition) is 2. The first-order valence-corrected chi connectivity index (χ1v) is 4.88. The predicted octanol–water partition coefficient (Wildman–Crippen LogP) is 1.64. The normalized spacial score (nSPS) is 9.76. The first kappa shape index (κ1) is 13.0. The number of halogens is 1. The number of ether oxygens (including phenoxy) is 1. The van der Waals surface area contributed by atoms with Crippen molar-refractivity contribution in [2.45, 2.75) is 12.8 Å². The summed E-state index contributed by atoms with van der Waals surface area (Å²) >= 11 is 0. The van der Waals surface area contributed by atoms with Gasteiger partial charge in [-0.05, 0) is 12.1 Å². The average molecular weight is 241 g/mol. The molecule has 1 rings (SSSR count). The number of amides is 1. The third-order valence-electron chi connectivity index (χ3n) is 2.02. The van der Waals surface area contributed by atoms with E-state index in [9.17, 15) is 14.0 Å². The second-order valence-corrected chi connectivity index (χ2v) is 3.29. The van der Waals surface area contributed by atoms with Gasteiger partial charge in [0.2, 0.25) is 5.91 Å². The van der Waals surface area contributed by atoms with Crippen LogP contribution in [0.3, 0.4) is 0 Å². The van der Waals surface area contributed by atoms with Crippen LogP contribution < -0.4 is 10.1 Å². The van der Waals surface area contributed by atoms with Gasteiger partial charge in [-0.15, -0.1) is 0 Å². The van der Waals surface area contributed by atoms with Crippen molar-refractivity contribution in [2.24, 2.45) is 0 Å². The number of methoxy groups -OCH3 is 1. The molecule has 0 aliphatic heterocycles. The molecule has 0 aromatic heterocycles. The lowest BCUT2D eigenvalue weighted by molar-refractivity contribution is -0.138. The topological polar surface area (TPSA) is 75.6 Å². The van der Waals surface area contributed by atoms with E-state index in [1.165, 1.54) is 19.2 Å². The lowest BCUT2D eigenvalue weighted by atomic mass is 10.2. The third kappa shape index (κ3) is 4.10. The van der Waals surface area contributed by atoms with Crippen molar-refractivity contribution >= 4 is 17.6 Å². The van der Waals surface area contributed by atoms with Crippen LogP contribution in [0.15, 0.2) is 18.2 Å². The average Bonchev–Trinajstić information content (AvgIpc) is 2.29. The van der Waals surface area contributed by atoms with E-state index < -0.39 is 17.7 Å². The molecule has 2 N–H and O–H groups in total. The number of carboxylic acids is 1. The van der Waals surface area contributed by atoms with E-state index in [0.29, 0.717) is 5.75 Å². The van der Waals surface area contributed by atoms with Gasteiger partial charge in [0.05, 0.1) is 19.2 Å². The molecule has 0 unspecified atom stereocenters. The maximum absolute atomic E-state index is 13.4. The zero-order chi connectivity index (χ0) is 12.8. The van der Waals surface area contributed by atoms with Crippen molar-refractivity contribution in [1.82, 2.24) is 0 Å². The molecule has 17 heavy (non-hydrogen) atoms. The molecule has 0 heterocycles. The molecule has 0 aliphatic rings. The molecule has 5 nitrogen and oxygen atoms in total. The number of anilines is 1. The quantitative estimate of drug-likeness (QED) is 0.821. The van der Waals surface area contributed by atoms with Gasteiger partial charge in [0, 0.05) is 12.5 Å². The van der Waals surface area contributed by atoms with Crippen LogP contribution in [0.1, 0.15) is 12.8 Å². The minimum atomic E-state index is -1.07. The second kappa shape index (κ2) is 5.83. The van der Waals surface area contributed by atoms with E-state index in [1.807, 2.05) is 0 Å². The van der Waals surface area contributed by atoms with Gasteiger partial charge in [0.1, 0.15) is 11.6 Å². The largest absolute Gasteiger partial charge is 0.497 e. The number of aliphatic carboxylic acids is 1. The van der Waals surface area contributed by atoms with Gasteiger partial charge >= 0.3 is 5.97 Å². The Labute approximate surface area is 97.2 Å². The van der Waals surface area contributed by atoms with Crippen molar-refractivity contribution in [3.63, 3.8) is 0 Å². The van der Waals surface area contributed by atoms with Crippen molar-refractivity contribution in [1.29, 1.82) is 0 Å². The predicted molar refractivity (Wildman–Crippen MR) is 58.5 cm³/mol. The molecule has 1 aromatic carbocycles. The fourth-order valence-corrected chi connectivity index (χ4v) is 1.16. The van der Waals surface area contributed by atoms with Crippen molar-refractivity contribution in [3.8, 4) is 5.75 Å². The van der Waals surface area contributed by atoms with Crippen LogP contribution in [0.4, 0.5) is 10.1 Å². The van der Waals surface area contributed by atoms with Gasteiger partial charge < -0.3 is 15.2 Å². The molecule has 0 saturated carbocycles. The molecule has 0 radical (unpaired) electrons. The zero-order valence-electron chi connectivity index (χ0n) is 9.20. The summed E-state index contributed by atoms with van der Waals surface area (Å²) in [5.74, 6) is -1.91. The lowest BCUT2D eigenvalue weighted by Gasteiger charge is -2.07. The summed E-state index contributed by atoms with van der Waals surface area (Å²) in [6.45, 7) is 0. The lowest BCUT2D eigenvalue weighted by Crippen LogP contribution is -2.14. The van der Waals surface area contributed by atoms with Crippen LogP contribution in [-0.4, -0.2) is 24.1 Å². The van der Waals surface area contributed by atoms with Gasteiger partial charge in [-0.3, -0.25) is 9.59 Å². The first-order valence-electron chi connectivity index (χ1n) is 4.88. The zero-order valence-corrected chi connectivity index (χ0v) is 9.20. The number of carbonyl (C=O) groups excluding carboxylic acids is 1. The minimum Gasteiger partial charge on any atom is -0.497 e. The van der Waals surface area contributed by atoms with Crippen LogP contribution in [0.25, 0.3) is 0 Å². The molecule has 1 amide bonds. The summed E-state index contributed by atoms with van der Waals surface area (Å²) < 4.78 is 18.2. The fourth-order valence-electron chi connectivity index (χ4n) is 1.16. The molecule has 1 aromatic rings. The van der Waals surface area contributed by atoms with Crippen molar-refractivity contribution in [2.75, 3.05) is 12.4 Å². The van der Waals surface area contributed by atoms with Crippen molar-refractivity contribution < 1.29 is 23.8 Å². The number of nitrogens with one attached hydrogen (secondary N) is 1. The van der Waals surface area contributed by atoms with Gasteiger partial charge in [-0.2, -0.15) is 0 Å². The Morgan fingerprint density at radius 1 is 1.41 bits per heavy atom. The highest BCUT2D eigenvalue weighted by molar-refractivity contribution is 5.92. The molecule has 0 bridgehead atoms. The smallest absolute Gasteiger partial charge is 0.303 e. The van der Waals surface area contributed by atoms with Crippen LogP contribution in [-0.2, 0) is 9.59 Å². The van der Waals surface area contributed by atoms with E-state index in [0.717, 1.165) is 6.07 Å². The Morgan fingerprint density at radius 2 is 2.12 bits per heavy atom. The van der Waals surface area contributed by atoms with E-state index in [-0.39, 0.29) is 18.5 Å². The summed E-state index contributed by atoms with van der Waals surface area (Å²) in [6.07, 6.45) is -0.482. The fraction of sp³-hybridized carbons (Fsp3) is 0.273. The van der Waals surface area contributed by atoms with E-state index in [4.69, 9.17) is 9.84 Å². The van der Waals surface area contributed by atoms with Crippen molar-refractivity contribution in [3.05, 3.63) is 24.0 Å². The van der Waals surface area contributed by atoms with Gasteiger partial charge in [0.15, 0.2) is 0 Å². The molecular formula is C11H12FNO4. The summed E-state index contributed by atoms with van der Waals surface area (Å²) in [6, 6.07) is 3.98. The van der Waals surface area contributed by atoms with E-state index in [1.54, 1.807) is 0 Å². The Morgan fingerprint density at radius 3 is 2.65 bits per heavy atom. The first-order chi connectivity index (χ1) is 8.02.